The maximum absolute atomic E-state index is 12.2. The first-order chi connectivity index (χ1) is 9.45. The standard InChI is InChI=1S/C15H15N2O3.BrH/c1-11-6-12(2)9-16(8-11)10-15(18)13-4-3-5-14(7-13)17(19)20;/h3-9H,10H2,1-2H3;1H/q+1;/p-1. The first-order valence-corrected chi connectivity index (χ1v) is 6.21. The molecule has 2 aromatic rings. The fraction of sp³-hybridized carbons (Fsp3) is 0.200. The fourth-order valence-corrected chi connectivity index (χ4v) is 2.14. The minimum atomic E-state index is -0.499. The Morgan fingerprint density at radius 3 is 2.38 bits per heavy atom. The maximum atomic E-state index is 12.2. The van der Waals surface area contributed by atoms with Crippen molar-refractivity contribution < 1.29 is 31.3 Å². The van der Waals surface area contributed by atoms with Crippen molar-refractivity contribution in [1.29, 1.82) is 0 Å². The minimum absolute atomic E-state index is 0. The molecule has 0 bridgehead atoms. The predicted octanol–water partition coefficient (Wildman–Crippen LogP) is -0.614. The molecule has 5 nitrogen and oxygen atoms in total. The highest BCUT2D eigenvalue weighted by atomic mass is 79.9. The molecule has 0 amide bonds. The van der Waals surface area contributed by atoms with Crippen molar-refractivity contribution in [2.75, 3.05) is 0 Å². The molecule has 0 aliphatic heterocycles. The van der Waals surface area contributed by atoms with Gasteiger partial charge in [-0.2, -0.15) is 4.57 Å². The topological polar surface area (TPSA) is 64.1 Å². The summed E-state index contributed by atoms with van der Waals surface area (Å²) in [6.07, 6.45) is 3.75. The third kappa shape index (κ3) is 4.46. The zero-order valence-corrected chi connectivity index (χ0v) is 13.3. The molecule has 0 aliphatic carbocycles. The van der Waals surface area contributed by atoms with Gasteiger partial charge in [0.1, 0.15) is 0 Å². The molecule has 6 heteroatoms. The normalized spacial score (nSPS) is 9.81. The van der Waals surface area contributed by atoms with Crippen molar-refractivity contribution in [3.63, 3.8) is 0 Å². The molecule has 21 heavy (non-hydrogen) atoms. The number of halogens is 1. The lowest BCUT2D eigenvalue weighted by Crippen LogP contribution is -3.00. The molecule has 2 rings (SSSR count). The number of aromatic nitrogens is 1. The van der Waals surface area contributed by atoms with E-state index in [2.05, 4.69) is 0 Å². The van der Waals surface area contributed by atoms with Crippen molar-refractivity contribution in [3.8, 4) is 0 Å². The van der Waals surface area contributed by atoms with E-state index in [1.165, 1.54) is 18.2 Å². The van der Waals surface area contributed by atoms with Gasteiger partial charge in [0.25, 0.3) is 5.69 Å². The number of nitro benzene ring substituents is 1. The van der Waals surface area contributed by atoms with E-state index < -0.39 is 4.92 Å². The molecule has 0 saturated carbocycles. The summed E-state index contributed by atoms with van der Waals surface area (Å²) in [5.74, 6) is -0.149. The van der Waals surface area contributed by atoms with Crippen LogP contribution in [0.2, 0.25) is 0 Å². The van der Waals surface area contributed by atoms with Crippen LogP contribution in [0.3, 0.4) is 0 Å². The Balaban J connectivity index is 0.00000220. The van der Waals surface area contributed by atoms with E-state index in [4.69, 9.17) is 0 Å². The van der Waals surface area contributed by atoms with E-state index >= 15 is 0 Å². The number of ketones is 1. The Kier molecular flexibility index (Phi) is 5.72. The number of carbonyl (C=O) groups excluding carboxylic acids is 1. The number of Topliss-reactive ketones (excluding diaryl/α,β-unsaturated/α-hetero) is 1. The van der Waals surface area contributed by atoms with Crippen molar-refractivity contribution in [2.24, 2.45) is 0 Å². The predicted molar refractivity (Wildman–Crippen MR) is 73.5 cm³/mol. The van der Waals surface area contributed by atoms with Gasteiger partial charge >= 0.3 is 0 Å². The molecule has 0 N–H and O–H groups in total. The van der Waals surface area contributed by atoms with Gasteiger partial charge in [-0.05, 0) is 19.9 Å². The highest BCUT2D eigenvalue weighted by molar-refractivity contribution is 5.95. The molecule has 110 valence electrons. The van der Waals surface area contributed by atoms with Crippen molar-refractivity contribution in [3.05, 3.63) is 69.5 Å². The number of aryl methyl sites for hydroxylation is 2. The van der Waals surface area contributed by atoms with E-state index in [-0.39, 0.29) is 35.0 Å². The molecule has 0 aliphatic rings. The van der Waals surface area contributed by atoms with E-state index in [0.717, 1.165) is 11.1 Å². The molecule has 1 aromatic heterocycles. The lowest BCUT2D eigenvalue weighted by molar-refractivity contribution is -0.683. The Labute approximate surface area is 133 Å². The minimum Gasteiger partial charge on any atom is -1.00 e. The molecule has 0 spiro atoms. The monoisotopic (exact) mass is 350 g/mol. The van der Waals surface area contributed by atoms with Crippen molar-refractivity contribution in [1.82, 2.24) is 0 Å². The third-order valence-electron chi connectivity index (χ3n) is 2.90. The van der Waals surface area contributed by atoms with Crippen LogP contribution >= 0.6 is 0 Å². The summed E-state index contributed by atoms with van der Waals surface area (Å²) in [6, 6.07) is 7.83. The first kappa shape index (κ1) is 17.0. The summed E-state index contributed by atoms with van der Waals surface area (Å²) in [5.41, 5.74) is 2.42. The second-order valence-electron chi connectivity index (χ2n) is 4.79. The summed E-state index contributed by atoms with van der Waals surface area (Å²) in [4.78, 5) is 22.4. The summed E-state index contributed by atoms with van der Waals surface area (Å²) in [5, 5.41) is 10.7. The van der Waals surface area contributed by atoms with Crippen LogP contribution < -0.4 is 21.5 Å². The molecular weight excluding hydrogens is 336 g/mol. The number of nitro groups is 1. The van der Waals surface area contributed by atoms with Crippen LogP contribution in [-0.2, 0) is 6.54 Å². The lowest BCUT2D eigenvalue weighted by atomic mass is 10.1. The number of non-ortho nitro benzene ring substituents is 1. The number of pyridine rings is 1. The SMILES string of the molecule is Cc1cc(C)c[n+](CC(=O)c2cccc([N+](=O)[O-])c2)c1.[Br-]. The van der Waals surface area contributed by atoms with Gasteiger partial charge in [0, 0.05) is 28.8 Å². The third-order valence-corrected chi connectivity index (χ3v) is 2.90. The van der Waals surface area contributed by atoms with Crippen LogP contribution in [0.4, 0.5) is 5.69 Å². The molecule has 0 saturated heterocycles. The largest absolute Gasteiger partial charge is 1.00 e. The van der Waals surface area contributed by atoms with Gasteiger partial charge in [0.05, 0.1) is 4.92 Å². The second kappa shape index (κ2) is 7.08. The second-order valence-corrected chi connectivity index (χ2v) is 4.79. The van der Waals surface area contributed by atoms with Gasteiger partial charge < -0.3 is 17.0 Å². The fourth-order valence-electron chi connectivity index (χ4n) is 2.14. The highest BCUT2D eigenvalue weighted by Crippen LogP contribution is 2.13. The number of rotatable bonds is 4. The van der Waals surface area contributed by atoms with Crippen LogP contribution in [0.15, 0.2) is 42.7 Å². The Morgan fingerprint density at radius 2 is 1.81 bits per heavy atom. The number of hydrogen-bond acceptors (Lipinski definition) is 3. The van der Waals surface area contributed by atoms with E-state index in [1.54, 1.807) is 10.6 Å². The van der Waals surface area contributed by atoms with E-state index in [9.17, 15) is 14.9 Å². The first-order valence-electron chi connectivity index (χ1n) is 6.21. The molecule has 0 atom stereocenters. The zero-order valence-electron chi connectivity index (χ0n) is 11.7. The number of carbonyl (C=O) groups is 1. The Hall–Kier alpha value is -2.08. The Morgan fingerprint density at radius 1 is 1.19 bits per heavy atom. The highest BCUT2D eigenvalue weighted by Gasteiger charge is 2.15. The van der Waals surface area contributed by atoms with E-state index in [0.29, 0.717) is 5.56 Å². The number of nitrogens with zero attached hydrogens (tertiary/aromatic N) is 2. The van der Waals surface area contributed by atoms with E-state index in [1.807, 2.05) is 32.3 Å². The molecule has 0 radical (unpaired) electrons. The number of benzene rings is 1. The number of hydrogen-bond donors (Lipinski definition) is 0. The van der Waals surface area contributed by atoms with Crippen LogP contribution in [0.1, 0.15) is 21.5 Å². The molecule has 0 fully saturated rings. The summed E-state index contributed by atoms with van der Waals surface area (Å²) in [7, 11) is 0. The maximum Gasteiger partial charge on any atom is 0.270 e. The van der Waals surface area contributed by atoms with Crippen molar-refractivity contribution >= 4 is 11.5 Å². The summed E-state index contributed by atoms with van der Waals surface area (Å²) in [6.45, 7) is 4.09. The molecular formula is C15H15BrN2O3. The van der Waals surface area contributed by atoms with Gasteiger partial charge in [-0.3, -0.25) is 14.9 Å². The summed E-state index contributed by atoms with van der Waals surface area (Å²) < 4.78 is 1.80. The van der Waals surface area contributed by atoms with Gasteiger partial charge in [-0.25, -0.2) is 0 Å². The Bertz CT molecular complexity index is 666. The van der Waals surface area contributed by atoms with Gasteiger partial charge in [0.15, 0.2) is 12.4 Å². The van der Waals surface area contributed by atoms with Crippen LogP contribution in [0.5, 0.6) is 0 Å². The lowest BCUT2D eigenvalue weighted by Gasteiger charge is -2.00. The molecule has 1 heterocycles. The van der Waals surface area contributed by atoms with Gasteiger partial charge in [-0.1, -0.05) is 12.1 Å². The van der Waals surface area contributed by atoms with Gasteiger partial charge in [0.2, 0.25) is 12.3 Å². The molecule has 1 aromatic carbocycles. The molecule has 0 unspecified atom stereocenters. The van der Waals surface area contributed by atoms with Gasteiger partial charge in [-0.15, -0.1) is 0 Å². The average molecular weight is 351 g/mol. The smallest absolute Gasteiger partial charge is 0.270 e. The summed E-state index contributed by atoms with van der Waals surface area (Å²) >= 11 is 0. The quantitative estimate of drug-likeness (QED) is 0.319. The van der Waals surface area contributed by atoms with Crippen LogP contribution in [0.25, 0.3) is 0 Å². The van der Waals surface area contributed by atoms with Crippen molar-refractivity contribution in [2.45, 2.75) is 20.4 Å². The zero-order chi connectivity index (χ0) is 14.7. The average Bonchev–Trinajstić information content (AvgIpc) is 2.37. The van der Waals surface area contributed by atoms with Crippen LogP contribution in [0, 0.1) is 24.0 Å². The van der Waals surface area contributed by atoms with Crippen LogP contribution in [-0.4, -0.2) is 10.7 Å².